The molecule has 11 aromatic rings. The Balaban J connectivity index is 1.27. The van der Waals surface area contributed by atoms with Gasteiger partial charge in [0, 0.05) is 55.1 Å². The molecule has 0 N–H and O–H groups in total. The summed E-state index contributed by atoms with van der Waals surface area (Å²) >= 11 is 0. The normalized spacial score (nSPS) is 12.0. The van der Waals surface area contributed by atoms with Crippen molar-refractivity contribution < 1.29 is 0 Å². The molecule has 0 fully saturated rings. The molecular formula is C46H30N4. The third-order valence-corrected chi connectivity index (χ3v) is 10.3. The van der Waals surface area contributed by atoms with E-state index < -0.39 is 0 Å². The molecule has 0 amide bonds. The zero-order valence-corrected chi connectivity index (χ0v) is 27.1. The van der Waals surface area contributed by atoms with Crippen molar-refractivity contribution in [3.05, 3.63) is 182 Å². The Morgan fingerprint density at radius 2 is 0.520 bits per heavy atom. The minimum atomic E-state index is 1.11. The van der Waals surface area contributed by atoms with Crippen LogP contribution in [0.1, 0.15) is 0 Å². The summed E-state index contributed by atoms with van der Waals surface area (Å²) in [4.78, 5) is 0. The fourth-order valence-electron chi connectivity index (χ4n) is 8.37. The van der Waals surface area contributed by atoms with Gasteiger partial charge in [0.2, 0.25) is 0 Å². The van der Waals surface area contributed by atoms with E-state index in [1.54, 1.807) is 0 Å². The number of fused-ring (bicyclic) bond motifs is 10. The second-order valence-electron chi connectivity index (χ2n) is 13.0. The van der Waals surface area contributed by atoms with Gasteiger partial charge in [0.15, 0.2) is 0 Å². The number of aromatic nitrogens is 4. The highest BCUT2D eigenvalue weighted by Crippen LogP contribution is 2.43. The van der Waals surface area contributed by atoms with Crippen molar-refractivity contribution in [3.63, 3.8) is 0 Å². The fourth-order valence-corrected chi connectivity index (χ4v) is 8.37. The first-order valence-corrected chi connectivity index (χ1v) is 17.1. The molecule has 0 saturated carbocycles. The van der Waals surface area contributed by atoms with Crippen LogP contribution in [0.5, 0.6) is 0 Å². The largest absolute Gasteiger partial charge is 0.295 e. The number of hydrogen-bond donors (Lipinski definition) is 0. The lowest BCUT2D eigenvalue weighted by atomic mass is 10.1. The predicted molar refractivity (Wildman–Crippen MR) is 209 cm³/mol. The van der Waals surface area contributed by atoms with E-state index in [0.29, 0.717) is 0 Å². The molecule has 0 atom stereocenters. The molecule has 0 bridgehead atoms. The van der Waals surface area contributed by atoms with Gasteiger partial charge in [-0.1, -0.05) is 115 Å². The summed E-state index contributed by atoms with van der Waals surface area (Å²) in [6.45, 7) is 0. The summed E-state index contributed by atoms with van der Waals surface area (Å²) in [5.74, 6) is 0. The first-order valence-electron chi connectivity index (χ1n) is 17.1. The molecule has 234 valence electrons. The Bertz CT molecular complexity index is 2870. The Labute approximate surface area is 287 Å². The highest BCUT2D eigenvalue weighted by molar-refractivity contribution is 6.23. The maximum Gasteiger partial charge on any atom is 0.131 e. The van der Waals surface area contributed by atoms with E-state index in [1.165, 1.54) is 54.4 Å². The van der Waals surface area contributed by atoms with Crippen molar-refractivity contribution in [1.82, 2.24) is 18.3 Å². The summed E-state index contributed by atoms with van der Waals surface area (Å²) in [6, 6.07) is 65.8. The molecule has 0 aliphatic carbocycles. The average molecular weight is 639 g/mol. The standard InChI is InChI=1S/C46H30N4/c1-3-16-31(17-4-1)47-39-26-11-7-22-35(39)43-37-24-9-13-28-41(37)49(45(43)47)33-20-15-21-34(30-33)50-42-29-14-10-25-38(42)44-36-23-8-12-27-40(36)48(46(44)50)32-18-5-2-6-19-32/h1-30H. The molecule has 4 heteroatoms. The third-order valence-electron chi connectivity index (χ3n) is 10.3. The second kappa shape index (κ2) is 10.4. The number of para-hydroxylation sites is 6. The van der Waals surface area contributed by atoms with E-state index in [4.69, 9.17) is 0 Å². The minimum Gasteiger partial charge on any atom is -0.295 e. The molecule has 4 nitrogen and oxygen atoms in total. The van der Waals surface area contributed by atoms with Crippen molar-refractivity contribution in [1.29, 1.82) is 0 Å². The molecule has 0 aliphatic rings. The zero-order chi connectivity index (χ0) is 32.8. The van der Waals surface area contributed by atoms with Gasteiger partial charge in [-0.15, -0.1) is 0 Å². The van der Waals surface area contributed by atoms with Crippen LogP contribution < -0.4 is 0 Å². The van der Waals surface area contributed by atoms with E-state index in [-0.39, 0.29) is 0 Å². The van der Waals surface area contributed by atoms with Gasteiger partial charge in [-0.2, -0.15) is 0 Å². The lowest BCUT2D eigenvalue weighted by Gasteiger charge is -2.16. The minimum absolute atomic E-state index is 1.11. The molecule has 0 spiro atoms. The molecule has 50 heavy (non-hydrogen) atoms. The van der Waals surface area contributed by atoms with E-state index in [2.05, 4.69) is 200 Å². The van der Waals surface area contributed by atoms with E-state index >= 15 is 0 Å². The van der Waals surface area contributed by atoms with Gasteiger partial charge in [0.25, 0.3) is 0 Å². The summed E-state index contributed by atoms with van der Waals surface area (Å²) in [5, 5.41) is 7.53. The van der Waals surface area contributed by atoms with Crippen LogP contribution in [0.25, 0.3) is 88.4 Å². The van der Waals surface area contributed by atoms with Gasteiger partial charge in [-0.3, -0.25) is 18.3 Å². The quantitative estimate of drug-likeness (QED) is 0.183. The van der Waals surface area contributed by atoms with Gasteiger partial charge in [0.05, 0.1) is 22.1 Å². The summed E-state index contributed by atoms with van der Waals surface area (Å²) < 4.78 is 9.76. The maximum atomic E-state index is 2.46. The molecule has 0 aliphatic heterocycles. The van der Waals surface area contributed by atoms with Crippen molar-refractivity contribution in [2.45, 2.75) is 0 Å². The topological polar surface area (TPSA) is 19.7 Å². The van der Waals surface area contributed by atoms with E-state index in [9.17, 15) is 0 Å². The molecule has 0 radical (unpaired) electrons. The Kier molecular flexibility index (Phi) is 5.63. The Morgan fingerprint density at radius 3 is 0.880 bits per heavy atom. The van der Waals surface area contributed by atoms with Crippen LogP contribution >= 0.6 is 0 Å². The number of rotatable bonds is 4. The fraction of sp³-hybridized carbons (Fsp3) is 0. The SMILES string of the molecule is c1ccc(-n2c3ccccc3c3c4ccccc4n(-c4cccc(-n5c6ccccc6c6c7ccccc7n(-c7ccccc7)c65)c4)c32)cc1. The van der Waals surface area contributed by atoms with Gasteiger partial charge in [0.1, 0.15) is 11.3 Å². The highest BCUT2D eigenvalue weighted by Gasteiger charge is 2.24. The van der Waals surface area contributed by atoms with Crippen LogP contribution in [-0.2, 0) is 0 Å². The number of benzene rings is 7. The molecule has 11 rings (SSSR count). The highest BCUT2D eigenvalue weighted by atomic mass is 15.2. The van der Waals surface area contributed by atoms with Gasteiger partial charge >= 0.3 is 0 Å². The molecule has 0 saturated heterocycles. The summed E-state index contributed by atoms with van der Waals surface area (Å²) in [5.41, 5.74) is 11.6. The first-order chi connectivity index (χ1) is 24.9. The second-order valence-corrected chi connectivity index (χ2v) is 13.0. The molecule has 7 aromatic carbocycles. The van der Waals surface area contributed by atoms with Crippen LogP contribution in [0.15, 0.2) is 182 Å². The van der Waals surface area contributed by atoms with Crippen molar-refractivity contribution >= 4 is 65.7 Å². The van der Waals surface area contributed by atoms with Gasteiger partial charge in [-0.25, -0.2) is 0 Å². The summed E-state index contributed by atoms with van der Waals surface area (Å²) in [6.07, 6.45) is 0. The van der Waals surface area contributed by atoms with E-state index in [1.807, 2.05) is 0 Å². The lowest BCUT2D eigenvalue weighted by molar-refractivity contribution is 1.04. The van der Waals surface area contributed by atoms with Gasteiger partial charge in [-0.05, 0) is 66.7 Å². The third kappa shape index (κ3) is 3.65. The molecular weight excluding hydrogens is 609 g/mol. The summed E-state index contributed by atoms with van der Waals surface area (Å²) in [7, 11) is 0. The van der Waals surface area contributed by atoms with Crippen LogP contribution in [-0.4, -0.2) is 18.3 Å². The van der Waals surface area contributed by atoms with Crippen LogP contribution in [0.3, 0.4) is 0 Å². The first kappa shape index (κ1) is 27.2. The number of hydrogen-bond acceptors (Lipinski definition) is 0. The monoisotopic (exact) mass is 638 g/mol. The lowest BCUT2D eigenvalue weighted by Crippen LogP contribution is -2.04. The van der Waals surface area contributed by atoms with Crippen LogP contribution in [0, 0.1) is 0 Å². The molecule has 0 unspecified atom stereocenters. The van der Waals surface area contributed by atoms with Gasteiger partial charge < -0.3 is 0 Å². The van der Waals surface area contributed by atoms with Crippen molar-refractivity contribution in [3.8, 4) is 22.7 Å². The van der Waals surface area contributed by atoms with E-state index in [0.717, 1.165) is 34.0 Å². The van der Waals surface area contributed by atoms with Crippen LogP contribution in [0.2, 0.25) is 0 Å². The molecule has 4 heterocycles. The van der Waals surface area contributed by atoms with Crippen LogP contribution in [0.4, 0.5) is 0 Å². The average Bonchev–Trinajstić information content (AvgIpc) is 3.90. The van der Waals surface area contributed by atoms with Crippen molar-refractivity contribution in [2.75, 3.05) is 0 Å². The predicted octanol–water partition coefficient (Wildman–Crippen LogP) is 11.8. The smallest absolute Gasteiger partial charge is 0.131 e. The van der Waals surface area contributed by atoms with Crippen molar-refractivity contribution in [2.24, 2.45) is 0 Å². The molecule has 4 aromatic heterocycles. The zero-order valence-electron chi connectivity index (χ0n) is 27.1. The Hall–Kier alpha value is -6.78. The Morgan fingerprint density at radius 1 is 0.240 bits per heavy atom. The number of nitrogens with zero attached hydrogens (tertiary/aromatic N) is 4. The maximum absolute atomic E-state index is 2.46.